The number of halogens is 2. The molecule has 0 radical (unpaired) electrons. The molecular formula is C15H16Cl2N2O. The van der Waals surface area contributed by atoms with Gasteiger partial charge in [0.1, 0.15) is 10.8 Å². The Bertz CT molecular complexity index is 602. The van der Waals surface area contributed by atoms with Crippen molar-refractivity contribution in [2.75, 3.05) is 6.54 Å². The smallest absolute Gasteiger partial charge is 0.222 e. The van der Waals surface area contributed by atoms with Gasteiger partial charge >= 0.3 is 0 Å². The zero-order valence-electron chi connectivity index (χ0n) is 11.4. The SMILES string of the molecule is CCNCc1cnc(Oc2cccc(Cl)c2Cl)c(C)c1. The second kappa shape index (κ2) is 6.93. The van der Waals surface area contributed by atoms with E-state index in [0.29, 0.717) is 21.7 Å². The minimum absolute atomic E-state index is 0.395. The lowest BCUT2D eigenvalue weighted by molar-refractivity contribution is 0.458. The maximum absolute atomic E-state index is 6.10. The second-order valence-corrected chi connectivity index (χ2v) is 5.19. The third kappa shape index (κ3) is 3.63. The Morgan fingerprint density at radius 2 is 2.10 bits per heavy atom. The first kappa shape index (κ1) is 15.1. The predicted octanol–water partition coefficient (Wildman–Crippen LogP) is 4.60. The van der Waals surface area contributed by atoms with Crippen LogP contribution in [0.4, 0.5) is 0 Å². The Balaban J connectivity index is 2.19. The molecule has 0 bridgehead atoms. The molecule has 0 saturated carbocycles. The van der Waals surface area contributed by atoms with E-state index in [2.05, 4.69) is 17.2 Å². The molecule has 1 aromatic heterocycles. The van der Waals surface area contributed by atoms with Crippen LogP contribution >= 0.6 is 23.2 Å². The number of nitrogens with one attached hydrogen (secondary N) is 1. The van der Waals surface area contributed by atoms with E-state index in [0.717, 1.165) is 24.2 Å². The van der Waals surface area contributed by atoms with Crippen LogP contribution in [0, 0.1) is 6.92 Å². The van der Waals surface area contributed by atoms with Gasteiger partial charge < -0.3 is 10.1 Å². The first-order valence-electron chi connectivity index (χ1n) is 6.40. The molecule has 2 rings (SSSR count). The van der Waals surface area contributed by atoms with E-state index < -0.39 is 0 Å². The van der Waals surface area contributed by atoms with E-state index in [1.165, 1.54) is 0 Å². The van der Waals surface area contributed by atoms with Crippen LogP contribution in [0.25, 0.3) is 0 Å². The fourth-order valence-electron chi connectivity index (χ4n) is 1.76. The standard InChI is InChI=1S/C15H16Cl2N2O/c1-3-18-8-11-7-10(2)15(19-9-11)20-13-6-4-5-12(16)14(13)17/h4-7,9,18H,3,8H2,1-2H3. The molecule has 20 heavy (non-hydrogen) atoms. The van der Waals surface area contributed by atoms with E-state index in [-0.39, 0.29) is 0 Å². The van der Waals surface area contributed by atoms with Crippen LogP contribution in [0.2, 0.25) is 10.0 Å². The third-order valence-electron chi connectivity index (χ3n) is 2.79. The van der Waals surface area contributed by atoms with Crippen LogP contribution < -0.4 is 10.1 Å². The van der Waals surface area contributed by atoms with Gasteiger partial charge in [0.05, 0.1) is 5.02 Å². The van der Waals surface area contributed by atoms with E-state index in [1.54, 1.807) is 24.4 Å². The summed E-state index contributed by atoms with van der Waals surface area (Å²) in [4.78, 5) is 4.33. The van der Waals surface area contributed by atoms with Gasteiger partial charge in [0, 0.05) is 18.3 Å². The van der Waals surface area contributed by atoms with Crippen LogP contribution in [0.1, 0.15) is 18.1 Å². The molecule has 0 aliphatic carbocycles. The van der Waals surface area contributed by atoms with Crippen molar-refractivity contribution >= 4 is 23.2 Å². The number of hydrogen-bond donors (Lipinski definition) is 1. The molecule has 0 amide bonds. The summed E-state index contributed by atoms with van der Waals surface area (Å²) < 4.78 is 5.73. The normalized spacial score (nSPS) is 10.6. The minimum Gasteiger partial charge on any atom is -0.437 e. The van der Waals surface area contributed by atoms with Crippen molar-refractivity contribution in [3.63, 3.8) is 0 Å². The topological polar surface area (TPSA) is 34.2 Å². The summed E-state index contributed by atoms with van der Waals surface area (Å²) in [6, 6.07) is 7.32. The van der Waals surface area contributed by atoms with Crippen molar-refractivity contribution < 1.29 is 4.74 Å². The van der Waals surface area contributed by atoms with Crippen molar-refractivity contribution in [1.82, 2.24) is 10.3 Å². The molecule has 0 unspecified atom stereocenters. The maximum atomic E-state index is 6.10. The van der Waals surface area contributed by atoms with Crippen molar-refractivity contribution in [3.8, 4) is 11.6 Å². The van der Waals surface area contributed by atoms with Crippen molar-refractivity contribution in [3.05, 3.63) is 51.6 Å². The number of aromatic nitrogens is 1. The van der Waals surface area contributed by atoms with Gasteiger partial charge in [0.15, 0.2) is 0 Å². The van der Waals surface area contributed by atoms with Crippen LogP contribution in [0.3, 0.4) is 0 Å². The average Bonchev–Trinajstić information content (AvgIpc) is 2.44. The fourth-order valence-corrected chi connectivity index (χ4v) is 2.09. The molecule has 106 valence electrons. The van der Waals surface area contributed by atoms with Crippen LogP contribution in [0.15, 0.2) is 30.5 Å². The molecule has 0 aliphatic rings. The molecule has 0 spiro atoms. The summed E-state index contributed by atoms with van der Waals surface area (Å²) in [6.45, 7) is 5.74. The summed E-state index contributed by atoms with van der Waals surface area (Å²) >= 11 is 12.1. The first-order valence-corrected chi connectivity index (χ1v) is 7.15. The van der Waals surface area contributed by atoms with Crippen LogP contribution in [-0.2, 0) is 6.54 Å². The molecule has 0 fully saturated rings. The van der Waals surface area contributed by atoms with E-state index in [1.807, 2.05) is 13.0 Å². The molecule has 1 aromatic carbocycles. The Morgan fingerprint density at radius 3 is 2.80 bits per heavy atom. The fraction of sp³-hybridized carbons (Fsp3) is 0.267. The highest BCUT2D eigenvalue weighted by molar-refractivity contribution is 6.42. The minimum atomic E-state index is 0.395. The summed E-state index contributed by atoms with van der Waals surface area (Å²) in [5.41, 5.74) is 2.07. The van der Waals surface area contributed by atoms with Gasteiger partial charge in [-0.25, -0.2) is 4.98 Å². The largest absolute Gasteiger partial charge is 0.437 e. The molecule has 3 nitrogen and oxygen atoms in total. The van der Waals surface area contributed by atoms with E-state index >= 15 is 0 Å². The average molecular weight is 311 g/mol. The Hall–Kier alpha value is -1.29. The summed E-state index contributed by atoms with van der Waals surface area (Å²) in [6.07, 6.45) is 1.80. The lowest BCUT2D eigenvalue weighted by atomic mass is 10.2. The molecule has 5 heteroatoms. The number of pyridine rings is 1. The Kier molecular flexibility index (Phi) is 5.24. The zero-order valence-corrected chi connectivity index (χ0v) is 12.9. The number of ether oxygens (including phenoxy) is 1. The second-order valence-electron chi connectivity index (χ2n) is 4.40. The maximum Gasteiger partial charge on any atom is 0.222 e. The van der Waals surface area contributed by atoms with Gasteiger partial charge in [-0.15, -0.1) is 0 Å². The van der Waals surface area contributed by atoms with Crippen LogP contribution in [0.5, 0.6) is 11.6 Å². The highest BCUT2D eigenvalue weighted by Gasteiger charge is 2.09. The summed E-state index contributed by atoms with van der Waals surface area (Å²) in [5, 5.41) is 4.12. The third-order valence-corrected chi connectivity index (χ3v) is 3.59. The predicted molar refractivity (Wildman–Crippen MR) is 82.9 cm³/mol. The molecule has 1 heterocycles. The van der Waals surface area contributed by atoms with Gasteiger partial charge in [-0.3, -0.25) is 0 Å². The molecule has 2 aromatic rings. The van der Waals surface area contributed by atoms with Crippen molar-refractivity contribution in [1.29, 1.82) is 0 Å². The summed E-state index contributed by atoms with van der Waals surface area (Å²) in [7, 11) is 0. The lowest BCUT2D eigenvalue weighted by Gasteiger charge is -2.11. The van der Waals surface area contributed by atoms with Gasteiger partial charge in [-0.05, 0) is 37.2 Å². The molecule has 0 aliphatic heterocycles. The number of nitrogens with zero attached hydrogens (tertiary/aromatic N) is 1. The van der Waals surface area contributed by atoms with Gasteiger partial charge in [0.2, 0.25) is 5.88 Å². The Morgan fingerprint density at radius 1 is 1.30 bits per heavy atom. The quantitative estimate of drug-likeness (QED) is 0.876. The van der Waals surface area contributed by atoms with Crippen LogP contribution in [-0.4, -0.2) is 11.5 Å². The van der Waals surface area contributed by atoms with Crippen molar-refractivity contribution in [2.45, 2.75) is 20.4 Å². The monoisotopic (exact) mass is 310 g/mol. The van der Waals surface area contributed by atoms with E-state index in [4.69, 9.17) is 27.9 Å². The molecular weight excluding hydrogens is 295 g/mol. The van der Waals surface area contributed by atoms with Gasteiger partial charge in [-0.1, -0.05) is 36.2 Å². The highest BCUT2D eigenvalue weighted by atomic mass is 35.5. The first-order chi connectivity index (χ1) is 9.61. The number of benzene rings is 1. The lowest BCUT2D eigenvalue weighted by Crippen LogP contribution is -2.12. The molecule has 0 saturated heterocycles. The molecule has 1 N–H and O–H groups in total. The highest BCUT2D eigenvalue weighted by Crippen LogP contribution is 2.34. The van der Waals surface area contributed by atoms with E-state index in [9.17, 15) is 0 Å². The summed E-state index contributed by atoms with van der Waals surface area (Å²) in [5.74, 6) is 1.05. The van der Waals surface area contributed by atoms with Gasteiger partial charge in [0.25, 0.3) is 0 Å². The Labute approximate surface area is 128 Å². The number of hydrogen-bond acceptors (Lipinski definition) is 3. The number of aryl methyl sites for hydroxylation is 1. The zero-order chi connectivity index (χ0) is 14.5. The number of rotatable bonds is 5. The van der Waals surface area contributed by atoms with Crippen molar-refractivity contribution in [2.24, 2.45) is 0 Å². The molecule has 0 atom stereocenters. The van der Waals surface area contributed by atoms with Gasteiger partial charge in [-0.2, -0.15) is 0 Å².